The highest BCUT2D eigenvalue weighted by Crippen LogP contribution is 2.54. The number of aryl methyl sites for hydroxylation is 2. The second-order valence-corrected chi connectivity index (χ2v) is 8.48. The Morgan fingerprint density at radius 1 is 0.808 bits per heavy atom. The van der Waals surface area contributed by atoms with Crippen molar-refractivity contribution in [1.82, 2.24) is 0 Å². The van der Waals surface area contributed by atoms with E-state index in [4.69, 9.17) is 9.47 Å². The van der Waals surface area contributed by atoms with Crippen LogP contribution in [0.15, 0.2) is 34.8 Å². The molecule has 2 atom stereocenters. The van der Waals surface area contributed by atoms with Crippen LogP contribution in [0.25, 0.3) is 0 Å². The molecule has 0 spiro atoms. The molecule has 4 rings (SSSR count). The number of methoxy groups -OCH3 is 2. The van der Waals surface area contributed by atoms with E-state index in [0.717, 1.165) is 22.4 Å². The fourth-order valence-corrected chi connectivity index (χ4v) is 5.30. The fraction of sp³-hybridized carbons (Fsp3) is 0.478. The minimum absolute atomic E-state index is 0.506. The lowest BCUT2D eigenvalue weighted by molar-refractivity contribution is 0.315. The molecule has 1 saturated carbocycles. The molecule has 0 aromatic heterocycles. The lowest BCUT2D eigenvalue weighted by Gasteiger charge is -2.39. The van der Waals surface area contributed by atoms with Gasteiger partial charge < -0.3 is 9.47 Å². The van der Waals surface area contributed by atoms with Crippen molar-refractivity contribution in [3.05, 3.63) is 57.1 Å². The molecule has 4 bridgehead atoms. The molecule has 3 heteroatoms. The molecule has 2 nitrogen and oxygen atoms in total. The fourth-order valence-electron chi connectivity index (χ4n) is 4.62. The van der Waals surface area contributed by atoms with E-state index in [0.29, 0.717) is 11.8 Å². The van der Waals surface area contributed by atoms with Crippen molar-refractivity contribution in [2.45, 2.75) is 56.8 Å². The number of rotatable bonds is 2. The van der Waals surface area contributed by atoms with Crippen LogP contribution in [0.3, 0.4) is 0 Å². The molecule has 26 heavy (non-hydrogen) atoms. The number of fused-ring (bicyclic) bond motifs is 7. The molecule has 0 radical (unpaired) electrons. The zero-order valence-corrected chi connectivity index (χ0v) is 17.3. The van der Waals surface area contributed by atoms with Crippen LogP contribution < -0.4 is 9.47 Å². The van der Waals surface area contributed by atoms with Gasteiger partial charge in [-0.15, -0.1) is 0 Å². The SMILES string of the molecule is COc1ccc2cc1C1CCC1c1cc(cc(Br)c1OC)CCCCC2. The third-order valence-electron chi connectivity index (χ3n) is 6.13. The van der Waals surface area contributed by atoms with E-state index in [1.54, 1.807) is 14.2 Å². The first-order valence-electron chi connectivity index (χ1n) is 9.74. The van der Waals surface area contributed by atoms with Crippen LogP contribution in [0.1, 0.15) is 66.2 Å². The van der Waals surface area contributed by atoms with Crippen LogP contribution in [-0.2, 0) is 12.8 Å². The van der Waals surface area contributed by atoms with Gasteiger partial charge in [-0.05, 0) is 101 Å². The average Bonchev–Trinajstić information content (AvgIpc) is 2.60. The zero-order chi connectivity index (χ0) is 18.1. The van der Waals surface area contributed by atoms with Gasteiger partial charge in [0.1, 0.15) is 11.5 Å². The number of benzene rings is 2. The van der Waals surface area contributed by atoms with Gasteiger partial charge >= 0.3 is 0 Å². The highest BCUT2D eigenvalue weighted by molar-refractivity contribution is 9.10. The first-order chi connectivity index (χ1) is 12.7. The zero-order valence-electron chi connectivity index (χ0n) is 15.7. The number of halogens is 1. The second-order valence-electron chi connectivity index (χ2n) is 7.63. The maximum absolute atomic E-state index is 5.79. The molecule has 2 aromatic carbocycles. The van der Waals surface area contributed by atoms with Gasteiger partial charge in [0.2, 0.25) is 0 Å². The number of hydrogen-bond donors (Lipinski definition) is 0. The molecule has 1 fully saturated rings. The first-order valence-corrected chi connectivity index (χ1v) is 10.5. The van der Waals surface area contributed by atoms with E-state index in [1.165, 1.54) is 60.8 Å². The largest absolute Gasteiger partial charge is 0.496 e. The molecule has 2 aliphatic rings. The quantitative estimate of drug-likeness (QED) is 0.565. The molecular weight excluding hydrogens is 388 g/mol. The maximum Gasteiger partial charge on any atom is 0.136 e. The summed E-state index contributed by atoms with van der Waals surface area (Å²) < 4.78 is 12.6. The van der Waals surface area contributed by atoms with E-state index in [1.807, 2.05) is 0 Å². The van der Waals surface area contributed by atoms with Crippen molar-refractivity contribution in [1.29, 1.82) is 0 Å². The van der Waals surface area contributed by atoms with Gasteiger partial charge in [0.15, 0.2) is 0 Å². The highest BCUT2D eigenvalue weighted by Gasteiger charge is 2.37. The Hall–Kier alpha value is -1.48. The van der Waals surface area contributed by atoms with Gasteiger partial charge in [-0.1, -0.05) is 24.6 Å². The van der Waals surface area contributed by atoms with Crippen LogP contribution in [0.2, 0.25) is 0 Å². The van der Waals surface area contributed by atoms with E-state index in [-0.39, 0.29) is 0 Å². The molecule has 0 N–H and O–H groups in total. The van der Waals surface area contributed by atoms with Crippen molar-refractivity contribution in [2.75, 3.05) is 14.2 Å². The predicted octanol–water partition coefficient (Wildman–Crippen LogP) is 6.40. The van der Waals surface area contributed by atoms with Gasteiger partial charge in [0.05, 0.1) is 18.7 Å². The molecule has 2 aromatic rings. The lowest BCUT2D eigenvalue weighted by Crippen LogP contribution is -2.23. The Morgan fingerprint density at radius 2 is 1.50 bits per heavy atom. The standard InChI is InChI=1S/C23H27BrO2/c1-25-22-11-8-15-6-4-3-5-7-16-13-20(23(26-2)21(24)14-16)18-10-9-17(18)19(22)12-15/h8,11-14,17-18H,3-7,9-10H2,1-2H3. The van der Waals surface area contributed by atoms with Gasteiger partial charge in [0, 0.05) is 0 Å². The summed E-state index contributed by atoms with van der Waals surface area (Å²) in [7, 11) is 3.57. The Balaban J connectivity index is 1.82. The van der Waals surface area contributed by atoms with Crippen LogP contribution in [0.4, 0.5) is 0 Å². The van der Waals surface area contributed by atoms with Crippen molar-refractivity contribution in [3.8, 4) is 11.5 Å². The minimum atomic E-state index is 0.506. The Morgan fingerprint density at radius 3 is 2.19 bits per heavy atom. The lowest BCUT2D eigenvalue weighted by atomic mass is 9.66. The summed E-state index contributed by atoms with van der Waals surface area (Å²) in [6.45, 7) is 0. The van der Waals surface area contributed by atoms with Gasteiger partial charge in [0.25, 0.3) is 0 Å². The van der Waals surface area contributed by atoms with Crippen molar-refractivity contribution in [3.63, 3.8) is 0 Å². The van der Waals surface area contributed by atoms with Crippen LogP contribution in [0, 0.1) is 0 Å². The van der Waals surface area contributed by atoms with Crippen LogP contribution in [0.5, 0.6) is 11.5 Å². The van der Waals surface area contributed by atoms with Crippen LogP contribution >= 0.6 is 15.9 Å². The van der Waals surface area contributed by atoms with Crippen molar-refractivity contribution < 1.29 is 9.47 Å². The Kier molecular flexibility index (Phi) is 5.26. The van der Waals surface area contributed by atoms with Crippen molar-refractivity contribution in [2.24, 2.45) is 0 Å². The van der Waals surface area contributed by atoms with E-state index < -0.39 is 0 Å². The molecule has 0 amide bonds. The van der Waals surface area contributed by atoms with Crippen molar-refractivity contribution >= 4 is 15.9 Å². The summed E-state index contributed by atoms with van der Waals surface area (Å²) >= 11 is 3.75. The molecule has 0 saturated heterocycles. The van der Waals surface area contributed by atoms with E-state index >= 15 is 0 Å². The smallest absolute Gasteiger partial charge is 0.136 e. The third kappa shape index (κ3) is 3.26. The molecule has 0 aliphatic heterocycles. The Bertz CT molecular complexity index is 799. The first kappa shape index (κ1) is 17.9. The maximum atomic E-state index is 5.79. The monoisotopic (exact) mass is 414 g/mol. The average molecular weight is 415 g/mol. The molecule has 2 unspecified atom stereocenters. The second kappa shape index (κ2) is 7.64. The van der Waals surface area contributed by atoms with E-state index in [9.17, 15) is 0 Å². The minimum Gasteiger partial charge on any atom is -0.496 e. The molecule has 0 heterocycles. The summed E-state index contributed by atoms with van der Waals surface area (Å²) in [5.74, 6) is 3.06. The molecular formula is C23H27BrO2. The third-order valence-corrected chi connectivity index (χ3v) is 6.72. The summed E-state index contributed by atoms with van der Waals surface area (Å²) in [5, 5.41) is 0. The number of ether oxygens (including phenoxy) is 2. The summed E-state index contributed by atoms with van der Waals surface area (Å²) in [4.78, 5) is 0. The van der Waals surface area contributed by atoms with E-state index in [2.05, 4.69) is 46.3 Å². The van der Waals surface area contributed by atoms with Gasteiger partial charge in [-0.3, -0.25) is 0 Å². The normalized spacial score (nSPS) is 22.1. The van der Waals surface area contributed by atoms with Gasteiger partial charge in [-0.2, -0.15) is 0 Å². The summed E-state index contributed by atoms with van der Waals surface area (Å²) in [6.07, 6.45) is 8.51. The Labute approximate surface area is 165 Å². The highest BCUT2D eigenvalue weighted by atomic mass is 79.9. The summed E-state index contributed by atoms with van der Waals surface area (Å²) in [5.41, 5.74) is 5.62. The predicted molar refractivity (Wildman–Crippen MR) is 110 cm³/mol. The summed E-state index contributed by atoms with van der Waals surface area (Å²) in [6, 6.07) is 11.5. The van der Waals surface area contributed by atoms with Gasteiger partial charge in [-0.25, -0.2) is 0 Å². The number of hydrogen-bond acceptors (Lipinski definition) is 2. The topological polar surface area (TPSA) is 18.5 Å². The van der Waals surface area contributed by atoms with Crippen LogP contribution in [-0.4, -0.2) is 14.2 Å². The molecule has 2 aliphatic carbocycles. The molecule has 138 valence electrons.